The van der Waals surface area contributed by atoms with Crippen LogP contribution in [-0.4, -0.2) is 50.5 Å². The Bertz CT molecular complexity index is 1410. The van der Waals surface area contributed by atoms with Gasteiger partial charge in [-0.15, -0.1) is 0 Å². The minimum absolute atomic E-state index is 0.0405. The van der Waals surface area contributed by atoms with Crippen LogP contribution >= 0.6 is 23.2 Å². The Hall–Kier alpha value is -3.14. The number of carbonyl (C=O) groups is 2. The predicted octanol–water partition coefficient (Wildman–Crippen LogP) is 5.45. The summed E-state index contributed by atoms with van der Waals surface area (Å²) in [6, 6.07) is 18.1. The van der Waals surface area contributed by atoms with E-state index in [4.69, 9.17) is 23.2 Å². The average Bonchev–Trinajstić information content (AvgIpc) is 2.91. The molecule has 0 aromatic heterocycles. The summed E-state index contributed by atoms with van der Waals surface area (Å²) >= 11 is 12.4. The first-order valence-corrected chi connectivity index (χ1v) is 15.4. The van der Waals surface area contributed by atoms with Crippen LogP contribution in [0, 0.1) is 5.82 Å². The van der Waals surface area contributed by atoms with Crippen molar-refractivity contribution in [2.45, 2.75) is 38.8 Å². The second kappa shape index (κ2) is 14.5. The van der Waals surface area contributed by atoms with Crippen LogP contribution in [0.3, 0.4) is 0 Å². The zero-order chi connectivity index (χ0) is 29.3. The molecule has 0 aliphatic rings. The molecule has 0 aliphatic heterocycles. The fraction of sp³-hybridized carbons (Fsp3) is 0.310. The molecule has 11 heteroatoms. The Morgan fingerprint density at radius 3 is 2.27 bits per heavy atom. The van der Waals surface area contributed by atoms with Crippen molar-refractivity contribution in [3.8, 4) is 0 Å². The summed E-state index contributed by atoms with van der Waals surface area (Å²) in [6.07, 6.45) is 2.76. The molecule has 214 valence electrons. The first kappa shape index (κ1) is 31.4. The van der Waals surface area contributed by atoms with Crippen LogP contribution in [0.15, 0.2) is 72.8 Å². The molecule has 2 amide bonds. The van der Waals surface area contributed by atoms with E-state index >= 15 is 0 Å². The molecule has 3 rings (SSSR count). The van der Waals surface area contributed by atoms with Gasteiger partial charge in [0.1, 0.15) is 18.4 Å². The van der Waals surface area contributed by atoms with E-state index < -0.39 is 34.3 Å². The molecule has 40 heavy (non-hydrogen) atoms. The molecule has 3 aromatic carbocycles. The first-order chi connectivity index (χ1) is 19.0. The third-order valence-electron chi connectivity index (χ3n) is 6.22. The van der Waals surface area contributed by atoms with Gasteiger partial charge in [-0.3, -0.25) is 13.9 Å². The zero-order valence-electron chi connectivity index (χ0n) is 22.3. The molecule has 0 bridgehead atoms. The molecule has 3 aromatic rings. The zero-order valence-corrected chi connectivity index (χ0v) is 24.6. The summed E-state index contributed by atoms with van der Waals surface area (Å²) < 4.78 is 40.2. The molecule has 0 saturated heterocycles. The van der Waals surface area contributed by atoms with Gasteiger partial charge in [-0.25, -0.2) is 12.8 Å². The number of unbranched alkanes of at least 4 members (excludes halogenated alkanes) is 1. The minimum Gasteiger partial charge on any atom is -0.354 e. The smallest absolute Gasteiger partial charge is 0.244 e. The van der Waals surface area contributed by atoms with Gasteiger partial charge in [0.15, 0.2) is 0 Å². The number of carbonyl (C=O) groups excluding carboxylic acids is 2. The topological polar surface area (TPSA) is 86.8 Å². The molecule has 1 N–H and O–H groups in total. The molecular formula is C29H32Cl2FN3O4S. The number of hydrogen-bond donors (Lipinski definition) is 1. The number of anilines is 1. The quantitative estimate of drug-likeness (QED) is 0.262. The molecule has 0 aliphatic carbocycles. The van der Waals surface area contributed by atoms with Crippen molar-refractivity contribution >= 4 is 50.7 Å². The number of amides is 2. The molecule has 0 saturated carbocycles. The van der Waals surface area contributed by atoms with Crippen LogP contribution < -0.4 is 9.62 Å². The predicted molar refractivity (Wildman–Crippen MR) is 157 cm³/mol. The molecular weight excluding hydrogens is 576 g/mol. The number of rotatable bonds is 13. The maximum absolute atomic E-state index is 14.0. The van der Waals surface area contributed by atoms with Gasteiger partial charge in [-0.2, -0.15) is 0 Å². The highest BCUT2D eigenvalue weighted by atomic mass is 35.5. The summed E-state index contributed by atoms with van der Waals surface area (Å²) in [4.78, 5) is 28.9. The number of nitrogens with one attached hydrogen (secondary N) is 1. The van der Waals surface area contributed by atoms with Gasteiger partial charge in [0, 0.05) is 24.5 Å². The third-order valence-corrected chi connectivity index (χ3v) is 7.90. The van der Waals surface area contributed by atoms with Gasteiger partial charge in [0.2, 0.25) is 21.8 Å². The van der Waals surface area contributed by atoms with Crippen LogP contribution in [0.2, 0.25) is 10.0 Å². The highest BCUT2D eigenvalue weighted by Crippen LogP contribution is 2.31. The number of benzene rings is 3. The Balaban J connectivity index is 2.05. The second-order valence-corrected chi connectivity index (χ2v) is 12.1. The van der Waals surface area contributed by atoms with Crippen LogP contribution in [0.5, 0.6) is 0 Å². The number of hydrogen-bond acceptors (Lipinski definition) is 4. The molecule has 0 fully saturated rings. The van der Waals surface area contributed by atoms with Crippen molar-refractivity contribution in [2.24, 2.45) is 0 Å². The van der Waals surface area contributed by atoms with Gasteiger partial charge < -0.3 is 10.2 Å². The maximum atomic E-state index is 14.0. The van der Waals surface area contributed by atoms with Gasteiger partial charge >= 0.3 is 0 Å². The van der Waals surface area contributed by atoms with E-state index in [-0.39, 0.29) is 34.6 Å². The van der Waals surface area contributed by atoms with Crippen molar-refractivity contribution in [1.29, 1.82) is 0 Å². The van der Waals surface area contributed by atoms with Gasteiger partial charge in [0.05, 0.1) is 17.0 Å². The maximum Gasteiger partial charge on any atom is 0.244 e. The normalized spacial score (nSPS) is 12.0. The fourth-order valence-corrected chi connectivity index (χ4v) is 5.41. The lowest BCUT2D eigenvalue weighted by atomic mass is 10.0. The van der Waals surface area contributed by atoms with Crippen molar-refractivity contribution < 1.29 is 22.4 Å². The van der Waals surface area contributed by atoms with E-state index in [1.807, 2.05) is 37.3 Å². The number of nitrogens with zero attached hydrogens (tertiary/aromatic N) is 2. The van der Waals surface area contributed by atoms with E-state index in [2.05, 4.69) is 5.32 Å². The highest BCUT2D eigenvalue weighted by molar-refractivity contribution is 7.92. The lowest BCUT2D eigenvalue weighted by Gasteiger charge is -2.33. The Labute approximate surface area is 244 Å². The summed E-state index contributed by atoms with van der Waals surface area (Å²) in [5.41, 5.74) is 1.42. The summed E-state index contributed by atoms with van der Waals surface area (Å²) in [6.45, 7) is 1.73. The van der Waals surface area contributed by atoms with E-state index in [0.717, 1.165) is 29.0 Å². The number of sulfonamides is 1. The van der Waals surface area contributed by atoms with Gasteiger partial charge in [-0.05, 0) is 47.9 Å². The Kier molecular flexibility index (Phi) is 11.4. The van der Waals surface area contributed by atoms with Gasteiger partial charge in [-0.1, -0.05) is 79.0 Å². The summed E-state index contributed by atoms with van der Waals surface area (Å²) in [5, 5.41) is 3.23. The SMILES string of the molecule is CCCCNC(=O)[C@@H](Cc1ccccc1)N(Cc1ccc(F)cc1)C(=O)CN(c1cc(Cl)ccc1Cl)S(C)(=O)=O. The van der Waals surface area contributed by atoms with E-state index in [9.17, 15) is 22.4 Å². The first-order valence-electron chi connectivity index (χ1n) is 12.8. The lowest BCUT2D eigenvalue weighted by Crippen LogP contribution is -2.53. The number of halogens is 3. The summed E-state index contributed by atoms with van der Waals surface area (Å²) in [5.74, 6) is -1.46. The Morgan fingerprint density at radius 2 is 1.65 bits per heavy atom. The van der Waals surface area contributed by atoms with Crippen LogP contribution in [-0.2, 0) is 32.6 Å². The molecule has 0 heterocycles. The van der Waals surface area contributed by atoms with Crippen molar-refractivity contribution in [3.05, 3.63) is 99.8 Å². The van der Waals surface area contributed by atoms with Crippen molar-refractivity contribution in [1.82, 2.24) is 10.2 Å². The Morgan fingerprint density at radius 1 is 0.975 bits per heavy atom. The average molecular weight is 609 g/mol. The van der Waals surface area contributed by atoms with Crippen LogP contribution in [0.1, 0.15) is 30.9 Å². The molecule has 7 nitrogen and oxygen atoms in total. The largest absolute Gasteiger partial charge is 0.354 e. The van der Waals surface area contributed by atoms with Crippen LogP contribution in [0.4, 0.5) is 10.1 Å². The standard InChI is InChI=1S/C29H32Cl2FN3O4S/c1-3-4-16-33-29(37)27(17-21-8-6-5-7-9-21)34(19-22-10-13-24(32)14-11-22)28(36)20-35(40(2,38)39)26-18-23(30)12-15-25(26)31/h5-15,18,27H,3-4,16-17,19-20H2,1-2H3,(H,33,37)/t27-/m1/s1. The van der Waals surface area contributed by atoms with Gasteiger partial charge in [0.25, 0.3) is 0 Å². The second-order valence-electron chi connectivity index (χ2n) is 9.36. The van der Waals surface area contributed by atoms with E-state index in [1.165, 1.54) is 47.4 Å². The lowest BCUT2D eigenvalue weighted by molar-refractivity contribution is -0.140. The van der Waals surface area contributed by atoms with Crippen molar-refractivity contribution in [3.63, 3.8) is 0 Å². The monoisotopic (exact) mass is 607 g/mol. The van der Waals surface area contributed by atoms with E-state index in [1.54, 1.807) is 0 Å². The molecule has 0 unspecified atom stereocenters. The minimum atomic E-state index is -3.99. The third kappa shape index (κ3) is 8.94. The molecule has 0 spiro atoms. The van der Waals surface area contributed by atoms with Crippen LogP contribution in [0.25, 0.3) is 0 Å². The fourth-order valence-electron chi connectivity index (χ4n) is 4.12. The summed E-state index contributed by atoms with van der Waals surface area (Å²) in [7, 11) is -3.99. The molecule has 0 radical (unpaired) electrons. The van der Waals surface area contributed by atoms with E-state index in [0.29, 0.717) is 12.1 Å². The van der Waals surface area contributed by atoms with Crippen molar-refractivity contribution in [2.75, 3.05) is 23.7 Å². The molecule has 1 atom stereocenters. The highest BCUT2D eigenvalue weighted by Gasteiger charge is 2.33.